The molecule has 0 saturated carbocycles. The van der Waals surface area contributed by atoms with Crippen LogP contribution in [0.4, 0.5) is 4.39 Å². The third-order valence-corrected chi connectivity index (χ3v) is 5.56. The zero-order valence-corrected chi connectivity index (χ0v) is 17.2. The van der Waals surface area contributed by atoms with E-state index in [1.807, 2.05) is 19.2 Å². The van der Waals surface area contributed by atoms with E-state index in [-0.39, 0.29) is 5.82 Å². The van der Waals surface area contributed by atoms with Crippen LogP contribution in [0.2, 0.25) is 0 Å². The quantitative estimate of drug-likeness (QED) is 0.472. The van der Waals surface area contributed by atoms with Crippen LogP contribution in [0, 0.1) is 12.7 Å². The smallest absolute Gasteiger partial charge is 0.191 e. The van der Waals surface area contributed by atoms with Gasteiger partial charge in [-0.2, -0.15) is 0 Å². The molecule has 2 heterocycles. The Bertz CT molecular complexity index is 946. The lowest BCUT2D eigenvalue weighted by molar-refractivity contribution is 0.613. The standard InChI is InChI=1S/C20H25FN6S/c1-4-16-13-25-19(28-16)7-8-24-20(22-3)26-12-15-5-6-18(17(21)11-15)27-10-9-23-14(27)2/h5-6,9-11,13H,4,7-8,12H2,1-3H3,(H2,22,24,26). The fourth-order valence-corrected chi connectivity index (χ4v) is 3.67. The molecule has 3 aromatic rings. The van der Waals surface area contributed by atoms with E-state index in [1.165, 1.54) is 10.9 Å². The van der Waals surface area contributed by atoms with Crippen molar-refractivity contribution in [2.75, 3.05) is 13.6 Å². The van der Waals surface area contributed by atoms with Gasteiger partial charge in [0.05, 0.1) is 10.7 Å². The maximum absolute atomic E-state index is 14.5. The fourth-order valence-electron chi connectivity index (χ4n) is 2.81. The Kier molecular flexibility index (Phi) is 6.76. The summed E-state index contributed by atoms with van der Waals surface area (Å²) in [6, 6.07) is 5.21. The number of aromatic nitrogens is 3. The van der Waals surface area contributed by atoms with Gasteiger partial charge in [0.2, 0.25) is 0 Å². The molecule has 0 aliphatic carbocycles. The minimum Gasteiger partial charge on any atom is -0.356 e. The Hall–Kier alpha value is -2.74. The van der Waals surface area contributed by atoms with Crippen molar-refractivity contribution in [3.63, 3.8) is 0 Å². The number of aryl methyl sites for hydroxylation is 2. The van der Waals surface area contributed by atoms with Gasteiger partial charge in [-0.05, 0) is 31.0 Å². The summed E-state index contributed by atoms with van der Waals surface area (Å²) in [6.45, 7) is 5.20. The zero-order chi connectivity index (χ0) is 19.9. The predicted octanol–water partition coefficient (Wildman–Crippen LogP) is 3.25. The number of imidazole rings is 1. The summed E-state index contributed by atoms with van der Waals surface area (Å²) in [5.74, 6) is 1.15. The molecule has 0 bridgehead atoms. The third-order valence-electron chi connectivity index (χ3n) is 4.36. The van der Waals surface area contributed by atoms with Gasteiger partial charge in [0.15, 0.2) is 5.96 Å². The second-order valence-corrected chi connectivity index (χ2v) is 7.51. The summed E-state index contributed by atoms with van der Waals surface area (Å²) in [4.78, 5) is 14.1. The molecule has 1 aromatic carbocycles. The first-order valence-electron chi connectivity index (χ1n) is 9.27. The van der Waals surface area contributed by atoms with Gasteiger partial charge in [-0.15, -0.1) is 11.3 Å². The highest BCUT2D eigenvalue weighted by Gasteiger charge is 2.08. The number of nitrogens with one attached hydrogen (secondary N) is 2. The molecular formula is C20H25FN6S. The lowest BCUT2D eigenvalue weighted by Gasteiger charge is -2.13. The predicted molar refractivity (Wildman–Crippen MR) is 112 cm³/mol. The highest BCUT2D eigenvalue weighted by Crippen LogP contribution is 2.17. The molecule has 2 aromatic heterocycles. The lowest BCUT2D eigenvalue weighted by Crippen LogP contribution is -2.37. The van der Waals surface area contributed by atoms with Crippen LogP contribution in [0.15, 0.2) is 41.8 Å². The second-order valence-electron chi connectivity index (χ2n) is 6.31. The van der Waals surface area contributed by atoms with Gasteiger partial charge in [-0.3, -0.25) is 4.99 Å². The van der Waals surface area contributed by atoms with Crippen molar-refractivity contribution in [1.82, 2.24) is 25.2 Å². The van der Waals surface area contributed by atoms with Crippen molar-refractivity contribution < 1.29 is 4.39 Å². The number of hydrogen-bond donors (Lipinski definition) is 2. The molecule has 0 unspecified atom stereocenters. The van der Waals surface area contributed by atoms with E-state index in [9.17, 15) is 4.39 Å². The second kappa shape index (κ2) is 9.45. The first-order chi connectivity index (χ1) is 13.6. The monoisotopic (exact) mass is 400 g/mol. The van der Waals surface area contributed by atoms with Crippen molar-refractivity contribution in [2.24, 2.45) is 4.99 Å². The molecule has 28 heavy (non-hydrogen) atoms. The lowest BCUT2D eigenvalue weighted by atomic mass is 10.2. The Morgan fingerprint density at radius 1 is 1.29 bits per heavy atom. The normalized spacial score (nSPS) is 11.6. The molecule has 0 atom stereocenters. The van der Waals surface area contributed by atoms with Crippen LogP contribution in [0.3, 0.4) is 0 Å². The van der Waals surface area contributed by atoms with Gasteiger partial charge in [0.1, 0.15) is 11.6 Å². The van der Waals surface area contributed by atoms with Crippen molar-refractivity contribution in [2.45, 2.75) is 33.2 Å². The van der Waals surface area contributed by atoms with Gasteiger partial charge >= 0.3 is 0 Å². The van der Waals surface area contributed by atoms with E-state index in [1.54, 1.807) is 41.4 Å². The molecule has 6 nitrogen and oxygen atoms in total. The minimum atomic E-state index is -0.279. The van der Waals surface area contributed by atoms with Crippen LogP contribution >= 0.6 is 11.3 Å². The first kappa shape index (κ1) is 20.0. The average Bonchev–Trinajstić information content (AvgIpc) is 3.33. The third kappa shape index (κ3) is 4.95. The maximum atomic E-state index is 14.5. The number of aliphatic imine (C=N–C) groups is 1. The van der Waals surface area contributed by atoms with Crippen LogP contribution in [-0.2, 0) is 19.4 Å². The largest absolute Gasteiger partial charge is 0.356 e. The van der Waals surface area contributed by atoms with Crippen molar-refractivity contribution in [3.05, 3.63) is 63.9 Å². The molecular weight excluding hydrogens is 375 g/mol. The molecule has 8 heteroatoms. The van der Waals surface area contributed by atoms with Crippen LogP contribution in [0.25, 0.3) is 5.69 Å². The molecule has 0 spiro atoms. The van der Waals surface area contributed by atoms with E-state index in [4.69, 9.17) is 0 Å². The van der Waals surface area contributed by atoms with Crippen LogP contribution in [0.1, 0.15) is 28.2 Å². The van der Waals surface area contributed by atoms with E-state index in [2.05, 4.69) is 32.5 Å². The van der Waals surface area contributed by atoms with Gasteiger partial charge in [-0.1, -0.05) is 13.0 Å². The van der Waals surface area contributed by atoms with Gasteiger partial charge < -0.3 is 15.2 Å². The van der Waals surface area contributed by atoms with Crippen LogP contribution in [0.5, 0.6) is 0 Å². The molecule has 0 aliphatic rings. The summed E-state index contributed by atoms with van der Waals surface area (Å²) in [6.07, 6.45) is 7.22. The number of halogens is 1. The molecule has 0 fully saturated rings. The van der Waals surface area contributed by atoms with E-state index >= 15 is 0 Å². The molecule has 0 aliphatic heterocycles. The van der Waals surface area contributed by atoms with E-state index in [0.717, 1.165) is 35.8 Å². The molecule has 148 valence electrons. The van der Waals surface area contributed by atoms with Crippen molar-refractivity contribution in [3.8, 4) is 5.69 Å². The minimum absolute atomic E-state index is 0.279. The first-order valence-corrected chi connectivity index (χ1v) is 10.1. The SMILES string of the molecule is CCc1cnc(CCNC(=NC)NCc2ccc(-n3ccnc3C)c(F)c2)s1. The Morgan fingerprint density at radius 2 is 2.14 bits per heavy atom. The number of hydrogen-bond acceptors (Lipinski definition) is 4. The zero-order valence-electron chi connectivity index (χ0n) is 16.4. The number of benzene rings is 1. The topological polar surface area (TPSA) is 67.1 Å². The number of nitrogens with zero attached hydrogens (tertiary/aromatic N) is 4. The highest BCUT2D eigenvalue weighted by atomic mass is 32.1. The average molecular weight is 401 g/mol. The number of thiazole rings is 1. The van der Waals surface area contributed by atoms with E-state index in [0.29, 0.717) is 18.2 Å². The molecule has 0 amide bonds. The summed E-state index contributed by atoms with van der Waals surface area (Å²) < 4.78 is 16.2. The summed E-state index contributed by atoms with van der Waals surface area (Å²) in [7, 11) is 1.72. The number of guanidine groups is 1. The molecule has 2 N–H and O–H groups in total. The van der Waals surface area contributed by atoms with Crippen molar-refractivity contribution >= 4 is 17.3 Å². The summed E-state index contributed by atoms with van der Waals surface area (Å²) in [5, 5.41) is 7.61. The molecule has 0 radical (unpaired) electrons. The maximum Gasteiger partial charge on any atom is 0.191 e. The Morgan fingerprint density at radius 3 is 2.79 bits per heavy atom. The van der Waals surface area contributed by atoms with Gasteiger partial charge in [0, 0.05) is 50.0 Å². The Balaban J connectivity index is 1.52. The molecule has 3 rings (SSSR count). The number of rotatable bonds is 7. The summed E-state index contributed by atoms with van der Waals surface area (Å²) >= 11 is 1.75. The van der Waals surface area contributed by atoms with Gasteiger partial charge in [0.25, 0.3) is 0 Å². The highest BCUT2D eigenvalue weighted by molar-refractivity contribution is 7.11. The molecule has 0 saturated heterocycles. The van der Waals surface area contributed by atoms with Crippen molar-refractivity contribution in [1.29, 1.82) is 0 Å². The van der Waals surface area contributed by atoms with Gasteiger partial charge in [-0.25, -0.2) is 14.4 Å². The fraction of sp³-hybridized carbons (Fsp3) is 0.350. The summed E-state index contributed by atoms with van der Waals surface area (Å²) in [5.41, 5.74) is 1.34. The Labute approximate surface area is 168 Å². The van der Waals surface area contributed by atoms with E-state index < -0.39 is 0 Å². The van der Waals surface area contributed by atoms with Crippen LogP contribution in [-0.4, -0.2) is 34.1 Å². The van der Waals surface area contributed by atoms with Crippen LogP contribution < -0.4 is 10.6 Å².